The Balaban J connectivity index is 2.06. The van der Waals surface area contributed by atoms with Gasteiger partial charge in [-0.25, -0.2) is 4.39 Å². The van der Waals surface area contributed by atoms with Crippen LogP contribution in [-0.4, -0.2) is 11.9 Å². The molecular formula is C14H16F4N2O. The summed E-state index contributed by atoms with van der Waals surface area (Å²) in [5, 5.41) is 2.20. The summed E-state index contributed by atoms with van der Waals surface area (Å²) >= 11 is 0. The lowest BCUT2D eigenvalue weighted by molar-refractivity contribution is -0.137. The van der Waals surface area contributed by atoms with Crippen molar-refractivity contribution in [2.75, 3.05) is 5.32 Å². The van der Waals surface area contributed by atoms with Crippen LogP contribution in [0.1, 0.15) is 31.2 Å². The summed E-state index contributed by atoms with van der Waals surface area (Å²) in [5.41, 5.74) is 4.37. The summed E-state index contributed by atoms with van der Waals surface area (Å²) in [6.07, 6.45) is -1.93. The zero-order chi connectivity index (χ0) is 15.6. The molecule has 2 rings (SSSR count). The Bertz CT molecular complexity index is 530. The third kappa shape index (κ3) is 3.93. The molecule has 0 unspecified atom stereocenters. The predicted octanol–water partition coefficient (Wildman–Crippen LogP) is 3.30. The van der Waals surface area contributed by atoms with Gasteiger partial charge in [-0.3, -0.25) is 4.79 Å². The second-order valence-electron chi connectivity index (χ2n) is 5.30. The van der Waals surface area contributed by atoms with Gasteiger partial charge in [0.15, 0.2) is 0 Å². The van der Waals surface area contributed by atoms with E-state index in [-0.39, 0.29) is 18.4 Å². The third-order valence-electron chi connectivity index (χ3n) is 3.73. The molecule has 116 valence electrons. The van der Waals surface area contributed by atoms with E-state index in [4.69, 9.17) is 5.73 Å². The lowest BCUT2D eigenvalue weighted by atomic mass is 10.00. The minimum absolute atomic E-state index is 0.00106. The fraction of sp³-hybridized carbons (Fsp3) is 0.500. The number of halogens is 4. The van der Waals surface area contributed by atoms with Crippen molar-refractivity contribution in [1.82, 2.24) is 0 Å². The highest BCUT2D eigenvalue weighted by Gasteiger charge is 2.31. The van der Waals surface area contributed by atoms with Crippen LogP contribution >= 0.6 is 0 Å². The summed E-state index contributed by atoms with van der Waals surface area (Å²) in [5.74, 6) is -1.42. The molecule has 0 aromatic heterocycles. The average molecular weight is 304 g/mol. The summed E-state index contributed by atoms with van der Waals surface area (Å²) < 4.78 is 51.2. The first-order valence-corrected chi connectivity index (χ1v) is 6.69. The van der Waals surface area contributed by atoms with E-state index in [2.05, 4.69) is 5.32 Å². The fourth-order valence-corrected chi connectivity index (χ4v) is 2.56. The van der Waals surface area contributed by atoms with Gasteiger partial charge in [-0.2, -0.15) is 13.2 Å². The van der Waals surface area contributed by atoms with Crippen LogP contribution in [0.15, 0.2) is 18.2 Å². The highest BCUT2D eigenvalue weighted by atomic mass is 19.4. The lowest BCUT2D eigenvalue weighted by Crippen LogP contribution is -2.28. The lowest BCUT2D eigenvalue weighted by Gasteiger charge is -2.15. The van der Waals surface area contributed by atoms with Crippen LogP contribution in [0.5, 0.6) is 0 Å². The van der Waals surface area contributed by atoms with Crippen molar-refractivity contribution in [1.29, 1.82) is 0 Å². The fourth-order valence-electron chi connectivity index (χ4n) is 2.56. The normalized spacial score (nSPS) is 22.3. The first kappa shape index (κ1) is 15.8. The van der Waals surface area contributed by atoms with Crippen LogP contribution in [0.4, 0.5) is 23.2 Å². The molecule has 0 saturated heterocycles. The molecule has 3 nitrogen and oxygen atoms in total. The van der Waals surface area contributed by atoms with E-state index in [9.17, 15) is 22.4 Å². The van der Waals surface area contributed by atoms with Gasteiger partial charge in [-0.1, -0.05) is 6.42 Å². The molecule has 1 aliphatic carbocycles. The van der Waals surface area contributed by atoms with Crippen molar-refractivity contribution in [3.8, 4) is 0 Å². The Morgan fingerprint density at radius 3 is 2.62 bits per heavy atom. The van der Waals surface area contributed by atoms with Gasteiger partial charge in [0.1, 0.15) is 5.82 Å². The number of alkyl halides is 3. The van der Waals surface area contributed by atoms with E-state index < -0.39 is 29.2 Å². The summed E-state index contributed by atoms with van der Waals surface area (Å²) in [4.78, 5) is 11.8. The molecule has 21 heavy (non-hydrogen) atoms. The van der Waals surface area contributed by atoms with Gasteiger partial charge in [0.25, 0.3) is 0 Å². The van der Waals surface area contributed by atoms with E-state index in [1.807, 2.05) is 0 Å². The highest BCUT2D eigenvalue weighted by Crippen LogP contribution is 2.32. The number of amides is 1. The van der Waals surface area contributed by atoms with Crippen molar-refractivity contribution < 1.29 is 22.4 Å². The molecule has 1 aromatic rings. The molecule has 0 spiro atoms. The molecule has 1 aromatic carbocycles. The highest BCUT2D eigenvalue weighted by molar-refractivity contribution is 5.91. The summed E-state index contributed by atoms with van der Waals surface area (Å²) in [6, 6.07) is 1.85. The zero-order valence-electron chi connectivity index (χ0n) is 11.2. The number of hydrogen-bond donors (Lipinski definition) is 2. The number of carbonyl (C=O) groups is 1. The van der Waals surface area contributed by atoms with Crippen molar-refractivity contribution in [3.05, 3.63) is 29.6 Å². The number of benzene rings is 1. The summed E-state index contributed by atoms with van der Waals surface area (Å²) in [7, 11) is 0. The number of nitrogens with one attached hydrogen (secondary N) is 1. The molecular weight excluding hydrogens is 288 g/mol. The first-order chi connectivity index (χ1) is 9.77. The van der Waals surface area contributed by atoms with E-state index in [1.54, 1.807) is 0 Å². The maximum absolute atomic E-state index is 13.5. The Hall–Kier alpha value is -1.63. The largest absolute Gasteiger partial charge is 0.416 e. The molecule has 0 bridgehead atoms. The first-order valence-electron chi connectivity index (χ1n) is 6.69. The Morgan fingerprint density at radius 1 is 1.33 bits per heavy atom. The van der Waals surface area contributed by atoms with Crippen molar-refractivity contribution >= 4 is 11.6 Å². The SMILES string of the molecule is N[C@@H]1CCC[C@H]1CC(=O)Nc1cc(C(F)(F)F)ccc1F. The Morgan fingerprint density at radius 2 is 2.05 bits per heavy atom. The Labute approximate surface area is 119 Å². The van der Waals surface area contributed by atoms with E-state index in [0.717, 1.165) is 19.3 Å². The monoisotopic (exact) mass is 304 g/mol. The molecule has 2 atom stereocenters. The van der Waals surface area contributed by atoms with Crippen LogP contribution in [0.25, 0.3) is 0 Å². The Kier molecular flexibility index (Phi) is 4.51. The van der Waals surface area contributed by atoms with Gasteiger partial charge < -0.3 is 11.1 Å². The van der Waals surface area contributed by atoms with Gasteiger partial charge in [-0.15, -0.1) is 0 Å². The molecule has 0 aliphatic heterocycles. The van der Waals surface area contributed by atoms with Crippen molar-refractivity contribution in [2.45, 2.75) is 37.9 Å². The van der Waals surface area contributed by atoms with Gasteiger partial charge in [0.2, 0.25) is 5.91 Å². The number of anilines is 1. The second kappa shape index (κ2) is 6.01. The molecule has 1 amide bonds. The molecule has 3 N–H and O–H groups in total. The predicted molar refractivity (Wildman–Crippen MR) is 70.0 cm³/mol. The minimum Gasteiger partial charge on any atom is -0.327 e. The smallest absolute Gasteiger partial charge is 0.327 e. The zero-order valence-corrected chi connectivity index (χ0v) is 11.2. The van der Waals surface area contributed by atoms with Crippen LogP contribution in [0, 0.1) is 11.7 Å². The van der Waals surface area contributed by atoms with Gasteiger partial charge in [-0.05, 0) is 37.0 Å². The standard InChI is InChI=1S/C14H16F4N2O/c15-10-5-4-9(14(16,17)18)7-12(10)20-13(21)6-8-2-1-3-11(8)19/h4-5,7-8,11H,1-3,6,19H2,(H,20,21)/t8-,11+/m0/s1. The van der Waals surface area contributed by atoms with Crippen LogP contribution in [0.2, 0.25) is 0 Å². The number of hydrogen-bond acceptors (Lipinski definition) is 2. The van der Waals surface area contributed by atoms with E-state index >= 15 is 0 Å². The van der Waals surface area contributed by atoms with E-state index in [0.29, 0.717) is 18.2 Å². The number of carbonyl (C=O) groups excluding carboxylic acids is 1. The molecule has 1 fully saturated rings. The molecule has 0 radical (unpaired) electrons. The maximum Gasteiger partial charge on any atom is 0.416 e. The van der Waals surface area contributed by atoms with Crippen molar-refractivity contribution in [2.24, 2.45) is 11.7 Å². The van der Waals surface area contributed by atoms with Gasteiger partial charge in [0.05, 0.1) is 11.3 Å². The van der Waals surface area contributed by atoms with Crippen LogP contribution in [0.3, 0.4) is 0 Å². The molecule has 7 heteroatoms. The maximum atomic E-state index is 13.5. The molecule has 1 saturated carbocycles. The van der Waals surface area contributed by atoms with Crippen LogP contribution < -0.4 is 11.1 Å². The quantitative estimate of drug-likeness (QED) is 0.842. The van der Waals surface area contributed by atoms with Gasteiger partial charge in [0, 0.05) is 12.5 Å². The molecule has 1 aliphatic rings. The second-order valence-corrected chi connectivity index (χ2v) is 5.30. The summed E-state index contributed by atoms with van der Waals surface area (Å²) in [6.45, 7) is 0. The number of nitrogens with two attached hydrogens (primary N) is 1. The average Bonchev–Trinajstić information content (AvgIpc) is 2.76. The van der Waals surface area contributed by atoms with Crippen LogP contribution in [-0.2, 0) is 11.0 Å². The van der Waals surface area contributed by atoms with Gasteiger partial charge >= 0.3 is 6.18 Å². The van der Waals surface area contributed by atoms with E-state index in [1.165, 1.54) is 0 Å². The van der Waals surface area contributed by atoms with Crippen molar-refractivity contribution in [3.63, 3.8) is 0 Å². The minimum atomic E-state index is -4.58. The number of rotatable bonds is 3. The topological polar surface area (TPSA) is 55.1 Å². The third-order valence-corrected chi connectivity index (χ3v) is 3.73. The molecule has 0 heterocycles.